The Morgan fingerprint density at radius 3 is 1.64 bits per heavy atom. The van der Waals surface area contributed by atoms with Gasteiger partial charge in [0.15, 0.2) is 0 Å². The first-order valence-corrected chi connectivity index (χ1v) is 20.1. The number of fused-ring (bicyclic) bond motifs is 2. The summed E-state index contributed by atoms with van der Waals surface area (Å²) in [7, 11) is 0. The zero-order valence-electron chi connectivity index (χ0n) is 16.0. The predicted molar refractivity (Wildman–Crippen MR) is 113 cm³/mol. The van der Waals surface area contributed by atoms with Gasteiger partial charge in [-0.1, -0.05) is 0 Å². The van der Waals surface area contributed by atoms with E-state index >= 15 is 0 Å². The molecule has 4 heteroatoms. The summed E-state index contributed by atoms with van der Waals surface area (Å²) in [5.41, 5.74) is 1.65. The zero-order chi connectivity index (χ0) is 17.4. The average molecular weight is 441 g/mol. The first kappa shape index (κ1) is 17.6. The molecule has 25 heavy (non-hydrogen) atoms. The third-order valence-electron chi connectivity index (χ3n) is 6.33. The molecule has 0 N–H and O–H groups in total. The van der Waals surface area contributed by atoms with Gasteiger partial charge in [-0.2, -0.15) is 0 Å². The number of hydrogen-bond donors (Lipinski definition) is 0. The van der Waals surface area contributed by atoms with Crippen LogP contribution in [-0.2, 0) is 0 Å². The fourth-order valence-electron chi connectivity index (χ4n) is 5.46. The summed E-state index contributed by atoms with van der Waals surface area (Å²) in [5, 5.41) is 0. The normalized spacial score (nSPS) is 25.0. The van der Waals surface area contributed by atoms with Crippen molar-refractivity contribution in [2.45, 2.75) is 65.0 Å². The first-order valence-electron chi connectivity index (χ1n) is 10.1. The van der Waals surface area contributed by atoms with E-state index in [9.17, 15) is 0 Å². The van der Waals surface area contributed by atoms with Crippen LogP contribution >= 0.6 is 0 Å². The Bertz CT molecular complexity index is 703. The van der Waals surface area contributed by atoms with E-state index in [4.69, 9.17) is 0 Å². The summed E-state index contributed by atoms with van der Waals surface area (Å²) >= 11 is -2.35. The Morgan fingerprint density at radius 1 is 0.760 bits per heavy atom. The number of rotatable bonds is 4. The van der Waals surface area contributed by atoms with Gasteiger partial charge in [0, 0.05) is 0 Å². The van der Waals surface area contributed by atoms with Gasteiger partial charge in [-0.15, -0.1) is 0 Å². The molecule has 0 unspecified atom stereocenters. The van der Waals surface area contributed by atoms with Crippen molar-refractivity contribution < 1.29 is 0 Å². The van der Waals surface area contributed by atoms with Crippen molar-refractivity contribution in [3.8, 4) is 0 Å². The van der Waals surface area contributed by atoms with E-state index in [1.54, 1.807) is 9.31 Å². The van der Waals surface area contributed by atoms with Gasteiger partial charge in [0.1, 0.15) is 0 Å². The average Bonchev–Trinajstić information content (AvgIpc) is 3.24. The minimum absolute atomic E-state index is 0.753. The van der Waals surface area contributed by atoms with E-state index in [0.29, 0.717) is 0 Å². The quantitative estimate of drug-likeness (QED) is 0.506. The van der Waals surface area contributed by atoms with Crippen LogP contribution in [-0.4, -0.2) is 34.2 Å². The van der Waals surface area contributed by atoms with Crippen LogP contribution in [0, 0.1) is 0 Å². The molecule has 2 aliphatic rings. The Kier molecular flexibility index (Phi) is 4.96. The van der Waals surface area contributed by atoms with Crippen molar-refractivity contribution in [2.75, 3.05) is 0 Å². The summed E-state index contributed by atoms with van der Waals surface area (Å²) in [4.78, 5) is 7.73. The second kappa shape index (κ2) is 7.05. The summed E-state index contributed by atoms with van der Waals surface area (Å²) in [6.45, 7) is 0.753. The van der Waals surface area contributed by atoms with E-state index < -0.39 is 18.4 Å². The van der Waals surface area contributed by atoms with Crippen molar-refractivity contribution in [1.82, 2.24) is 9.13 Å². The van der Waals surface area contributed by atoms with Crippen LogP contribution in [0.2, 0.25) is 26.5 Å². The molecule has 2 fully saturated rings. The SMILES string of the molecule is [CH3][Sn]([CH3])([CH3])/[C](=C(\B1C2CCCC1CCC2)n1cccc1)n1cccc1. The molecular formula is C21H31BN2Sn. The molecule has 2 aromatic heterocycles. The van der Waals surface area contributed by atoms with Crippen LogP contribution in [0.5, 0.6) is 0 Å². The molecule has 0 amide bonds. The molecule has 2 aliphatic heterocycles. The molecule has 0 saturated carbocycles. The van der Waals surface area contributed by atoms with Crippen molar-refractivity contribution in [2.24, 2.45) is 0 Å². The van der Waals surface area contributed by atoms with Crippen molar-refractivity contribution in [3.05, 3.63) is 49.1 Å². The van der Waals surface area contributed by atoms with Crippen LogP contribution in [0.25, 0.3) is 9.31 Å². The van der Waals surface area contributed by atoms with Crippen LogP contribution in [0.3, 0.4) is 0 Å². The third kappa shape index (κ3) is 3.41. The van der Waals surface area contributed by atoms with Gasteiger partial charge in [-0.3, -0.25) is 0 Å². The molecule has 0 aliphatic carbocycles. The molecule has 0 aromatic carbocycles. The molecule has 2 aromatic rings. The Hall–Kier alpha value is -0.836. The van der Waals surface area contributed by atoms with Gasteiger partial charge in [0.25, 0.3) is 0 Å². The van der Waals surface area contributed by atoms with E-state index in [1.165, 1.54) is 38.5 Å². The van der Waals surface area contributed by atoms with Gasteiger partial charge in [-0.25, -0.2) is 0 Å². The molecule has 0 radical (unpaired) electrons. The molecule has 0 atom stereocenters. The summed E-state index contributed by atoms with van der Waals surface area (Å²) in [5.74, 6) is 1.79. The minimum atomic E-state index is -2.35. The molecular weight excluding hydrogens is 410 g/mol. The maximum absolute atomic E-state index is 2.58. The Morgan fingerprint density at radius 2 is 1.20 bits per heavy atom. The zero-order valence-corrected chi connectivity index (χ0v) is 18.8. The maximum atomic E-state index is 2.58. The molecule has 4 rings (SSSR count). The second-order valence-electron chi connectivity index (χ2n) is 9.07. The van der Waals surface area contributed by atoms with Gasteiger partial charge in [-0.05, 0) is 0 Å². The third-order valence-corrected chi connectivity index (χ3v) is 11.9. The van der Waals surface area contributed by atoms with Crippen molar-refractivity contribution in [3.63, 3.8) is 0 Å². The second-order valence-corrected chi connectivity index (χ2v) is 23.3. The Labute approximate surface area is 157 Å². The molecule has 2 saturated heterocycles. The van der Waals surface area contributed by atoms with Gasteiger partial charge >= 0.3 is 158 Å². The van der Waals surface area contributed by atoms with E-state index in [2.05, 4.69) is 73.0 Å². The molecule has 4 heterocycles. The number of aromatic nitrogens is 2. The first-order chi connectivity index (χ1) is 12.1. The van der Waals surface area contributed by atoms with Crippen molar-refractivity contribution in [1.29, 1.82) is 0 Å². The standard InChI is InChI=1S/C18H22BN2.3CH3.Sn/c1-2-12-20(11-1)15-18(21-13-3-4-14-21)19-16-7-5-8-17(19)10-6-9-16;;;;/h1-4,11-14,16-17H,5-10H2;3*1H3;. The van der Waals surface area contributed by atoms with Crippen LogP contribution in [0.4, 0.5) is 0 Å². The van der Waals surface area contributed by atoms with Crippen LogP contribution in [0.1, 0.15) is 38.5 Å². The molecule has 2 nitrogen and oxygen atoms in total. The fraction of sp³-hybridized carbons (Fsp3) is 0.524. The summed E-state index contributed by atoms with van der Waals surface area (Å²) in [6, 6.07) is 8.77. The van der Waals surface area contributed by atoms with E-state index in [-0.39, 0.29) is 0 Å². The van der Waals surface area contributed by atoms with E-state index in [0.717, 1.165) is 18.3 Å². The Balaban J connectivity index is 1.94. The number of nitrogens with zero attached hydrogens (tertiary/aromatic N) is 2. The summed E-state index contributed by atoms with van der Waals surface area (Å²) < 4.78 is 6.63. The summed E-state index contributed by atoms with van der Waals surface area (Å²) in [6.07, 6.45) is 17.8. The van der Waals surface area contributed by atoms with Gasteiger partial charge < -0.3 is 0 Å². The molecule has 2 bridgehead atoms. The number of hydrogen-bond acceptors (Lipinski definition) is 0. The predicted octanol–water partition coefficient (Wildman–Crippen LogP) is 6.14. The molecule has 132 valence electrons. The van der Waals surface area contributed by atoms with Gasteiger partial charge in [0.05, 0.1) is 0 Å². The molecule has 0 spiro atoms. The van der Waals surface area contributed by atoms with Crippen LogP contribution in [0.15, 0.2) is 49.1 Å². The van der Waals surface area contributed by atoms with Crippen molar-refractivity contribution >= 4 is 34.4 Å². The van der Waals surface area contributed by atoms with Crippen LogP contribution < -0.4 is 0 Å². The van der Waals surface area contributed by atoms with E-state index in [1.807, 2.05) is 0 Å². The fourth-order valence-corrected chi connectivity index (χ4v) is 11.1. The monoisotopic (exact) mass is 442 g/mol. The van der Waals surface area contributed by atoms with Gasteiger partial charge in [0.2, 0.25) is 0 Å². The topological polar surface area (TPSA) is 9.86 Å².